The SMILES string of the molecule is C=C(CN1CCSCC1)C(=O)NC[C@@H](NC(=O)[C@H](Cc1nc2ccc(C(C)C)cc2s1)NC(=O)CCC)C1CCOCC1. The minimum atomic E-state index is -0.769. The Bertz CT molecular complexity index is 1250. The molecule has 2 aliphatic rings. The lowest BCUT2D eigenvalue weighted by molar-refractivity contribution is -0.130. The van der Waals surface area contributed by atoms with Crippen LogP contribution in [0.3, 0.4) is 0 Å². The van der Waals surface area contributed by atoms with Crippen molar-refractivity contribution in [2.45, 2.75) is 70.9 Å². The number of hydrogen-bond donors (Lipinski definition) is 3. The summed E-state index contributed by atoms with van der Waals surface area (Å²) in [6.45, 7) is 14.3. The highest BCUT2D eigenvalue weighted by molar-refractivity contribution is 7.99. The van der Waals surface area contributed by atoms with Gasteiger partial charge in [-0.1, -0.05) is 33.4 Å². The Morgan fingerprint density at radius 3 is 2.58 bits per heavy atom. The van der Waals surface area contributed by atoms with Crippen LogP contribution in [0.25, 0.3) is 10.2 Å². The molecule has 43 heavy (non-hydrogen) atoms. The van der Waals surface area contributed by atoms with Gasteiger partial charge in [0, 0.05) is 75.4 Å². The van der Waals surface area contributed by atoms with Crippen molar-refractivity contribution in [2.24, 2.45) is 5.92 Å². The number of ether oxygens (including phenoxy) is 1. The summed E-state index contributed by atoms with van der Waals surface area (Å²) in [7, 11) is 0. The molecular formula is C32H47N5O4S2. The molecule has 0 saturated carbocycles. The van der Waals surface area contributed by atoms with E-state index in [-0.39, 0.29) is 29.7 Å². The lowest BCUT2D eigenvalue weighted by Gasteiger charge is -2.32. The van der Waals surface area contributed by atoms with E-state index in [0.717, 1.165) is 52.7 Å². The predicted molar refractivity (Wildman–Crippen MR) is 176 cm³/mol. The molecule has 2 aromatic rings. The zero-order valence-corrected chi connectivity index (χ0v) is 27.4. The summed E-state index contributed by atoms with van der Waals surface area (Å²) in [5, 5.41) is 9.99. The van der Waals surface area contributed by atoms with Gasteiger partial charge in [0.05, 0.1) is 15.2 Å². The summed E-state index contributed by atoms with van der Waals surface area (Å²) in [5.41, 5.74) is 2.67. The van der Waals surface area contributed by atoms with Gasteiger partial charge in [0.2, 0.25) is 17.7 Å². The summed E-state index contributed by atoms with van der Waals surface area (Å²) in [4.78, 5) is 46.5. The van der Waals surface area contributed by atoms with Crippen LogP contribution < -0.4 is 16.0 Å². The molecule has 2 fully saturated rings. The first-order valence-corrected chi connectivity index (χ1v) is 17.5. The molecule has 3 N–H and O–H groups in total. The molecule has 0 bridgehead atoms. The van der Waals surface area contributed by atoms with E-state index in [9.17, 15) is 14.4 Å². The second-order valence-electron chi connectivity index (χ2n) is 11.8. The number of aromatic nitrogens is 1. The number of rotatable bonds is 14. The van der Waals surface area contributed by atoms with E-state index in [2.05, 4.69) is 53.4 Å². The normalized spacial score (nSPS) is 17.9. The smallest absolute Gasteiger partial charge is 0.247 e. The molecule has 3 heterocycles. The maximum Gasteiger partial charge on any atom is 0.247 e. The van der Waals surface area contributed by atoms with Crippen molar-refractivity contribution >= 4 is 51.0 Å². The fraction of sp³-hybridized carbons (Fsp3) is 0.625. The molecule has 236 valence electrons. The number of nitrogens with zero attached hydrogens (tertiary/aromatic N) is 2. The first-order valence-electron chi connectivity index (χ1n) is 15.6. The van der Waals surface area contributed by atoms with Gasteiger partial charge in [-0.3, -0.25) is 19.3 Å². The third-order valence-corrected chi connectivity index (χ3v) is 10.1. The van der Waals surface area contributed by atoms with E-state index in [0.29, 0.717) is 57.1 Å². The summed E-state index contributed by atoms with van der Waals surface area (Å²) < 4.78 is 6.65. The van der Waals surface area contributed by atoms with E-state index < -0.39 is 6.04 Å². The number of carbonyl (C=O) groups excluding carboxylic acids is 3. The van der Waals surface area contributed by atoms with Gasteiger partial charge in [0.1, 0.15) is 6.04 Å². The highest BCUT2D eigenvalue weighted by Gasteiger charge is 2.30. The summed E-state index contributed by atoms with van der Waals surface area (Å²) >= 11 is 3.49. The van der Waals surface area contributed by atoms with Gasteiger partial charge >= 0.3 is 0 Å². The van der Waals surface area contributed by atoms with Crippen molar-refractivity contribution in [2.75, 3.05) is 50.9 Å². The second kappa shape index (κ2) is 16.6. The molecule has 2 atom stereocenters. The second-order valence-corrected chi connectivity index (χ2v) is 14.2. The number of carbonyl (C=O) groups is 3. The molecule has 4 rings (SSSR count). The van der Waals surface area contributed by atoms with Gasteiger partial charge in [-0.05, 0) is 48.8 Å². The molecule has 1 aromatic carbocycles. The van der Waals surface area contributed by atoms with E-state index >= 15 is 0 Å². The molecule has 0 spiro atoms. The molecule has 11 heteroatoms. The fourth-order valence-corrected chi connectivity index (χ4v) is 7.52. The van der Waals surface area contributed by atoms with Crippen molar-refractivity contribution in [3.05, 3.63) is 40.9 Å². The highest BCUT2D eigenvalue weighted by Crippen LogP contribution is 2.27. The quantitative estimate of drug-likeness (QED) is 0.272. The van der Waals surface area contributed by atoms with Gasteiger partial charge in [-0.25, -0.2) is 4.98 Å². The maximum atomic E-state index is 13.8. The van der Waals surface area contributed by atoms with Crippen LogP contribution in [0, 0.1) is 5.92 Å². The topological polar surface area (TPSA) is 113 Å². The maximum absolute atomic E-state index is 13.8. The summed E-state index contributed by atoms with van der Waals surface area (Å²) in [6, 6.07) is 5.21. The minimum absolute atomic E-state index is 0.147. The van der Waals surface area contributed by atoms with Crippen molar-refractivity contribution < 1.29 is 19.1 Å². The molecule has 9 nitrogen and oxygen atoms in total. The summed E-state index contributed by atoms with van der Waals surface area (Å²) in [6.07, 6.45) is 2.91. The van der Waals surface area contributed by atoms with Gasteiger partial charge in [-0.15, -0.1) is 11.3 Å². The molecule has 3 amide bonds. The van der Waals surface area contributed by atoms with Crippen molar-refractivity contribution in [1.29, 1.82) is 0 Å². The Morgan fingerprint density at radius 2 is 1.88 bits per heavy atom. The average molecular weight is 630 g/mol. The molecule has 1 aromatic heterocycles. The molecule has 2 saturated heterocycles. The van der Waals surface area contributed by atoms with E-state index in [1.165, 1.54) is 5.56 Å². The van der Waals surface area contributed by atoms with Gasteiger partial charge in [0.25, 0.3) is 0 Å². The number of nitrogens with one attached hydrogen (secondary N) is 3. The fourth-order valence-electron chi connectivity index (χ4n) is 5.48. The third-order valence-electron chi connectivity index (χ3n) is 8.12. The Labute approximate surface area is 264 Å². The lowest BCUT2D eigenvalue weighted by atomic mass is 9.91. The van der Waals surface area contributed by atoms with Crippen molar-refractivity contribution in [3.63, 3.8) is 0 Å². The molecule has 0 radical (unpaired) electrons. The number of fused-ring (bicyclic) bond motifs is 1. The lowest BCUT2D eigenvalue weighted by Crippen LogP contribution is -2.55. The number of thiazole rings is 1. The molecular weight excluding hydrogens is 583 g/mol. The van der Waals surface area contributed by atoms with E-state index in [1.807, 2.05) is 24.8 Å². The van der Waals surface area contributed by atoms with Crippen LogP contribution in [-0.2, 0) is 25.5 Å². The number of amides is 3. The van der Waals surface area contributed by atoms with Crippen molar-refractivity contribution in [3.8, 4) is 0 Å². The Balaban J connectivity index is 1.45. The van der Waals surface area contributed by atoms with Gasteiger partial charge in [-0.2, -0.15) is 11.8 Å². The Morgan fingerprint density at radius 1 is 1.14 bits per heavy atom. The minimum Gasteiger partial charge on any atom is -0.381 e. The molecule has 2 aliphatic heterocycles. The average Bonchev–Trinajstić information content (AvgIpc) is 3.41. The largest absolute Gasteiger partial charge is 0.381 e. The van der Waals surface area contributed by atoms with Crippen LogP contribution in [0.2, 0.25) is 0 Å². The highest BCUT2D eigenvalue weighted by atomic mass is 32.2. The number of benzene rings is 1. The van der Waals surface area contributed by atoms with E-state index in [1.54, 1.807) is 11.3 Å². The van der Waals surface area contributed by atoms with Crippen LogP contribution in [0.1, 0.15) is 62.9 Å². The van der Waals surface area contributed by atoms with Crippen LogP contribution >= 0.6 is 23.1 Å². The zero-order valence-electron chi connectivity index (χ0n) is 25.8. The third kappa shape index (κ3) is 10.0. The van der Waals surface area contributed by atoms with Gasteiger partial charge in [0.15, 0.2) is 0 Å². The van der Waals surface area contributed by atoms with E-state index in [4.69, 9.17) is 9.72 Å². The number of thioether (sulfide) groups is 1. The first-order chi connectivity index (χ1) is 20.7. The van der Waals surface area contributed by atoms with Crippen LogP contribution in [0.5, 0.6) is 0 Å². The Hall–Kier alpha value is -2.47. The Kier molecular flexibility index (Phi) is 12.9. The van der Waals surface area contributed by atoms with Crippen LogP contribution in [-0.4, -0.2) is 90.6 Å². The first kappa shape index (κ1) is 33.4. The van der Waals surface area contributed by atoms with Crippen LogP contribution in [0.4, 0.5) is 0 Å². The van der Waals surface area contributed by atoms with Crippen molar-refractivity contribution in [1.82, 2.24) is 25.8 Å². The number of hydrogen-bond acceptors (Lipinski definition) is 8. The molecule has 0 aliphatic carbocycles. The van der Waals surface area contributed by atoms with Gasteiger partial charge < -0.3 is 20.7 Å². The monoisotopic (exact) mass is 629 g/mol. The standard InChI is InChI=1S/C32H47N5O4S2/c1-5-6-29(38)34-26(18-30-35-25-8-7-24(21(2)3)17-28(25)43-30)32(40)36-27(23-9-13-41-14-10-23)19-33-31(39)22(4)20-37-11-15-42-16-12-37/h7-8,17,21,23,26-27H,4-6,9-16,18-20H2,1-3H3,(H,33,39)(H,34,38)(H,36,40)/t26-,27+/m0/s1. The van der Waals surface area contributed by atoms with Crippen LogP contribution in [0.15, 0.2) is 30.4 Å². The molecule has 0 unspecified atom stereocenters. The zero-order chi connectivity index (χ0) is 30.8. The predicted octanol–water partition coefficient (Wildman–Crippen LogP) is 3.88. The summed E-state index contributed by atoms with van der Waals surface area (Å²) in [5.74, 6) is 2.08.